The van der Waals surface area contributed by atoms with Crippen molar-refractivity contribution in [3.63, 3.8) is 0 Å². The molecule has 284 valence electrons. The van der Waals surface area contributed by atoms with E-state index >= 15 is 0 Å². The standard InChI is InChI=1S/C41H60FN2O6.HI/c1-6-7-8-9-10-11-12-13-14-15-23-41(3,4)40(46)49-30-44(24-16-27-48-36-20-17-33(31(2)45)28-38(36)47-5)25-21-32(22-26-44)39-35-19-18-34(42)29-37(35)50-43-39;/h17-20,28-29,32H,6-16,21-27,30H2,1-5H3;1H/q+1;/p-1. The molecule has 0 amide bonds. The van der Waals surface area contributed by atoms with Crippen LogP contribution in [0, 0.1) is 11.2 Å². The molecule has 0 spiro atoms. The molecule has 4 rings (SSSR count). The maximum absolute atomic E-state index is 13.8. The topological polar surface area (TPSA) is 87.9 Å². The number of methoxy groups -OCH3 is 1. The van der Waals surface area contributed by atoms with Gasteiger partial charge in [-0.05, 0) is 57.5 Å². The van der Waals surface area contributed by atoms with Crippen LogP contribution in [0.25, 0.3) is 11.0 Å². The first kappa shape index (κ1) is 42.7. The lowest BCUT2D eigenvalue weighted by Crippen LogP contribution is -3.00. The minimum Gasteiger partial charge on any atom is -1.00 e. The van der Waals surface area contributed by atoms with Crippen LogP contribution in [0.4, 0.5) is 4.39 Å². The van der Waals surface area contributed by atoms with Crippen molar-refractivity contribution in [2.24, 2.45) is 5.41 Å². The summed E-state index contributed by atoms with van der Waals surface area (Å²) in [6.07, 6.45) is 15.9. The number of quaternary nitrogens is 1. The van der Waals surface area contributed by atoms with E-state index in [1.165, 1.54) is 70.4 Å². The molecule has 10 heteroatoms. The Labute approximate surface area is 321 Å². The van der Waals surface area contributed by atoms with Gasteiger partial charge in [0.1, 0.15) is 5.82 Å². The lowest BCUT2D eigenvalue weighted by molar-refractivity contribution is -0.948. The molecule has 2 heterocycles. The summed E-state index contributed by atoms with van der Waals surface area (Å²) in [4.78, 5) is 25.3. The zero-order valence-corrected chi connectivity index (χ0v) is 33.7. The van der Waals surface area contributed by atoms with Gasteiger partial charge in [0, 0.05) is 42.2 Å². The third kappa shape index (κ3) is 12.7. The molecule has 0 unspecified atom stereocenters. The second-order valence-corrected chi connectivity index (χ2v) is 15.0. The van der Waals surface area contributed by atoms with Gasteiger partial charge in [-0.3, -0.25) is 14.1 Å². The van der Waals surface area contributed by atoms with E-state index in [2.05, 4.69) is 12.1 Å². The maximum Gasteiger partial charge on any atom is 0.315 e. The Morgan fingerprint density at radius 3 is 2.24 bits per heavy atom. The lowest BCUT2D eigenvalue weighted by Gasteiger charge is -2.43. The van der Waals surface area contributed by atoms with E-state index < -0.39 is 5.41 Å². The van der Waals surface area contributed by atoms with Gasteiger partial charge in [-0.25, -0.2) is 4.39 Å². The molecule has 1 aliphatic rings. The quantitative estimate of drug-likeness (QED) is 0.0349. The molecule has 51 heavy (non-hydrogen) atoms. The van der Waals surface area contributed by atoms with Crippen LogP contribution in [0.3, 0.4) is 0 Å². The monoisotopic (exact) mass is 822 g/mol. The summed E-state index contributed by atoms with van der Waals surface area (Å²) in [6, 6.07) is 9.81. The number of hydrogen-bond acceptors (Lipinski definition) is 7. The number of ether oxygens (including phenoxy) is 3. The van der Waals surface area contributed by atoms with Crippen molar-refractivity contribution < 1.29 is 61.2 Å². The minimum absolute atomic E-state index is 0. The van der Waals surface area contributed by atoms with Crippen molar-refractivity contribution in [1.82, 2.24) is 5.16 Å². The molecule has 0 N–H and O–H groups in total. The highest BCUT2D eigenvalue weighted by Gasteiger charge is 2.38. The summed E-state index contributed by atoms with van der Waals surface area (Å²) in [6.45, 7) is 11.0. The number of ketones is 1. The molecule has 3 aromatic rings. The summed E-state index contributed by atoms with van der Waals surface area (Å²) >= 11 is 0. The number of carbonyl (C=O) groups excluding carboxylic acids is 2. The summed E-state index contributed by atoms with van der Waals surface area (Å²) in [5.74, 6) is 0.794. The molecule has 0 aliphatic carbocycles. The molecule has 0 saturated carbocycles. The number of fused-ring (bicyclic) bond motifs is 1. The summed E-state index contributed by atoms with van der Waals surface area (Å²) in [7, 11) is 1.57. The Morgan fingerprint density at radius 1 is 0.922 bits per heavy atom. The average molecular weight is 823 g/mol. The number of Topliss-reactive ketones (excluding diaryl/α,β-unsaturated/α-hetero) is 1. The van der Waals surface area contributed by atoms with E-state index in [0.29, 0.717) is 40.5 Å². The maximum atomic E-state index is 13.8. The Balaban J connectivity index is 0.00000702. The molecule has 1 saturated heterocycles. The number of carbonyl (C=O) groups is 2. The van der Waals surface area contributed by atoms with E-state index in [9.17, 15) is 14.0 Å². The molecular weight excluding hydrogens is 762 g/mol. The zero-order valence-electron chi connectivity index (χ0n) is 31.6. The number of piperidine rings is 1. The first-order chi connectivity index (χ1) is 24.1. The molecule has 1 aromatic heterocycles. The number of esters is 1. The van der Waals surface area contributed by atoms with E-state index in [4.69, 9.17) is 18.7 Å². The predicted molar refractivity (Wildman–Crippen MR) is 195 cm³/mol. The van der Waals surface area contributed by atoms with Crippen molar-refractivity contribution in [3.05, 3.63) is 53.5 Å². The van der Waals surface area contributed by atoms with Gasteiger partial charge in [0.05, 0.1) is 44.5 Å². The van der Waals surface area contributed by atoms with Crippen LogP contribution in [0.1, 0.15) is 140 Å². The number of nitrogens with zero attached hydrogens (tertiary/aromatic N) is 2. The Morgan fingerprint density at radius 2 is 1.59 bits per heavy atom. The first-order valence-corrected chi connectivity index (χ1v) is 19.0. The van der Waals surface area contributed by atoms with Gasteiger partial charge in [0.25, 0.3) is 0 Å². The molecule has 0 bridgehead atoms. The fraction of sp³-hybridized carbons (Fsp3) is 0.634. The van der Waals surface area contributed by atoms with Crippen molar-refractivity contribution in [2.45, 2.75) is 124 Å². The van der Waals surface area contributed by atoms with Gasteiger partial charge in [-0.15, -0.1) is 0 Å². The minimum atomic E-state index is -0.539. The first-order valence-electron chi connectivity index (χ1n) is 19.0. The Bertz CT molecular complexity index is 1520. The smallest absolute Gasteiger partial charge is 0.315 e. The summed E-state index contributed by atoms with van der Waals surface area (Å²) in [5, 5.41) is 5.19. The normalized spacial score (nSPS) is 17.6. The van der Waals surface area contributed by atoms with Gasteiger partial charge in [0.2, 0.25) is 6.73 Å². The fourth-order valence-electron chi connectivity index (χ4n) is 7.17. The molecule has 1 fully saturated rings. The van der Waals surface area contributed by atoms with Gasteiger partial charge in [0.15, 0.2) is 22.9 Å². The van der Waals surface area contributed by atoms with Crippen LogP contribution in [0.2, 0.25) is 0 Å². The highest BCUT2D eigenvalue weighted by atomic mass is 127. The number of likely N-dealkylation sites (tertiary alicyclic amines) is 1. The van der Waals surface area contributed by atoms with Crippen LogP contribution in [-0.2, 0) is 9.53 Å². The number of hydrogen-bond donors (Lipinski definition) is 0. The van der Waals surface area contributed by atoms with Crippen LogP contribution in [-0.4, -0.2) is 61.5 Å². The Hall–Kier alpha value is -2.73. The highest BCUT2D eigenvalue weighted by molar-refractivity contribution is 5.94. The van der Waals surface area contributed by atoms with Gasteiger partial charge >= 0.3 is 5.97 Å². The van der Waals surface area contributed by atoms with E-state index in [-0.39, 0.29) is 47.5 Å². The van der Waals surface area contributed by atoms with Gasteiger partial charge < -0.3 is 42.7 Å². The van der Waals surface area contributed by atoms with Crippen LogP contribution < -0.4 is 33.5 Å². The molecule has 0 radical (unpaired) electrons. The van der Waals surface area contributed by atoms with E-state index in [0.717, 1.165) is 69.2 Å². The molecule has 2 aromatic carbocycles. The van der Waals surface area contributed by atoms with E-state index in [1.807, 2.05) is 13.8 Å². The number of benzene rings is 2. The molecule has 8 nitrogen and oxygen atoms in total. The second-order valence-electron chi connectivity index (χ2n) is 15.0. The predicted octanol–water partition coefficient (Wildman–Crippen LogP) is 7.18. The number of unbranched alkanes of at least 4 members (excludes halogenated alkanes) is 9. The largest absolute Gasteiger partial charge is 1.00 e. The van der Waals surface area contributed by atoms with Crippen LogP contribution >= 0.6 is 0 Å². The van der Waals surface area contributed by atoms with Crippen molar-refractivity contribution >= 4 is 22.7 Å². The Kier molecular flexibility index (Phi) is 17.7. The number of halogens is 2. The third-order valence-corrected chi connectivity index (χ3v) is 10.5. The molecular formula is C41H60FIN2O6. The number of rotatable bonds is 22. The van der Waals surface area contributed by atoms with Crippen LogP contribution in [0.15, 0.2) is 40.9 Å². The summed E-state index contributed by atoms with van der Waals surface area (Å²) in [5.41, 5.74) is 1.37. The molecule has 1 aliphatic heterocycles. The summed E-state index contributed by atoms with van der Waals surface area (Å²) < 4.78 is 37.7. The lowest BCUT2D eigenvalue weighted by atomic mass is 9.87. The average Bonchev–Trinajstić information content (AvgIpc) is 3.53. The zero-order chi connectivity index (χ0) is 36.0. The van der Waals surface area contributed by atoms with Gasteiger partial charge in [-0.2, -0.15) is 0 Å². The van der Waals surface area contributed by atoms with Crippen molar-refractivity contribution in [1.29, 1.82) is 0 Å². The SMILES string of the molecule is CCCCCCCCCCCCC(C)(C)C(=O)OC[N+]1(CCCOc2ccc(C(C)=O)cc2OC)CCC(c2noc3cc(F)ccc23)CC1.[I-]. The second kappa shape index (κ2) is 21.1. The molecule has 0 atom stereocenters. The highest BCUT2D eigenvalue weighted by Crippen LogP contribution is 2.36. The van der Waals surface area contributed by atoms with Crippen molar-refractivity contribution in [2.75, 3.05) is 40.1 Å². The van der Waals surface area contributed by atoms with Crippen molar-refractivity contribution in [3.8, 4) is 11.5 Å². The van der Waals surface area contributed by atoms with Gasteiger partial charge in [-0.1, -0.05) is 76.3 Å². The number of aromatic nitrogens is 1. The van der Waals surface area contributed by atoms with E-state index in [1.54, 1.807) is 31.4 Å². The third-order valence-electron chi connectivity index (χ3n) is 10.5. The fourth-order valence-corrected chi connectivity index (χ4v) is 7.17. The van der Waals surface area contributed by atoms with Crippen LogP contribution in [0.5, 0.6) is 11.5 Å².